The van der Waals surface area contributed by atoms with Crippen molar-refractivity contribution in [3.8, 4) is 5.75 Å². The van der Waals surface area contributed by atoms with Crippen molar-refractivity contribution in [3.05, 3.63) is 21.6 Å². The minimum atomic E-state index is -3.73. The third-order valence-electron chi connectivity index (χ3n) is 3.16. The summed E-state index contributed by atoms with van der Waals surface area (Å²) in [6, 6.07) is 2.97. The molecule has 21 heavy (non-hydrogen) atoms. The molecule has 0 radical (unpaired) electrons. The Hall–Kier alpha value is -0.380. The van der Waals surface area contributed by atoms with Crippen molar-refractivity contribution in [2.75, 3.05) is 33.4 Å². The highest BCUT2D eigenvalue weighted by atomic mass is 79.9. The fraction of sp³-hybridized carbons (Fsp3) is 0.500. The third kappa shape index (κ3) is 3.52. The number of methoxy groups -OCH3 is 1. The first-order valence-electron chi connectivity index (χ1n) is 6.25. The molecule has 0 spiro atoms. The van der Waals surface area contributed by atoms with Crippen LogP contribution in [0.2, 0.25) is 5.02 Å². The largest absolute Gasteiger partial charge is 0.494 e. The van der Waals surface area contributed by atoms with E-state index in [0.29, 0.717) is 16.1 Å². The van der Waals surface area contributed by atoms with E-state index in [1.54, 1.807) is 6.07 Å². The molecule has 1 aromatic carbocycles. The molecule has 6 nitrogen and oxygen atoms in total. The van der Waals surface area contributed by atoms with E-state index in [-0.39, 0.29) is 36.4 Å². The molecule has 0 saturated carbocycles. The van der Waals surface area contributed by atoms with Gasteiger partial charge in [0.1, 0.15) is 4.90 Å². The molecule has 1 heterocycles. The van der Waals surface area contributed by atoms with Gasteiger partial charge in [-0.15, -0.1) is 0 Å². The molecule has 1 aliphatic heterocycles. The fourth-order valence-corrected chi connectivity index (χ4v) is 4.95. The van der Waals surface area contributed by atoms with E-state index < -0.39 is 10.0 Å². The maximum absolute atomic E-state index is 12.8. The summed E-state index contributed by atoms with van der Waals surface area (Å²) in [5, 5.41) is 0.310. The summed E-state index contributed by atoms with van der Waals surface area (Å²) in [4.78, 5) is 0.0297. The lowest BCUT2D eigenvalue weighted by Crippen LogP contribution is -2.48. The Morgan fingerprint density at radius 2 is 2.29 bits per heavy atom. The van der Waals surface area contributed by atoms with E-state index in [1.165, 1.54) is 17.5 Å². The zero-order chi connectivity index (χ0) is 15.6. The first kappa shape index (κ1) is 17.0. The lowest BCUT2D eigenvalue weighted by atomic mass is 10.3. The highest BCUT2D eigenvalue weighted by Gasteiger charge is 2.33. The van der Waals surface area contributed by atoms with Gasteiger partial charge in [-0.3, -0.25) is 0 Å². The van der Waals surface area contributed by atoms with Crippen LogP contribution in [0.3, 0.4) is 0 Å². The second kappa shape index (κ2) is 6.80. The number of morpholine rings is 1. The summed E-state index contributed by atoms with van der Waals surface area (Å²) < 4.78 is 38.0. The summed E-state index contributed by atoms with van der Waals surface area (Å²) in [6.45, 7) is 1.06. The van der Waals surface area contributed by atoms with Gasteiger partial charge < -0.3 is 15.2 Å². The molecule has 2 rings (SSSR count). The predicted molar refractivity (Wildman–Crippen MR) is 83.3 cm³/mol. The Morgan fingerprint density at radius 1 is 1.57 bits per heavy atom. The topological polar surface area (TPSA) is 81.9 Å². The van der Waals surface area contributed by atoms with Gasteiger partial charge in [0.25, 0.3) is 0 Å². The highest BCUT2D eigenvalue weighted by Crippen LogP contribution is 2.37. The molecule has 1 unspecified atom stereocenters. The molecule has 1 atom stereocenters. The summed E-state index contributed by atoms with van der Waals surface area (Å²) in [7, 11) is -2.32. The van der Waals surface area contributed by atoms with E-state index in [9.17, 15) is 8.42 Å². The van der Waals surface area contributed by atoms with Gasteiger partial charge in [-0.05, 0) is 28.1 Å². The van der Waals surface area contributed by atoms with Gasteiger partial charge in [-0.25, -0.2) is 8.42 Å². The molecule has 2 N–H and O–H groups in total. The molecule has 0 aliphatic carbocycles. The molecular formula is C12H16BrClN2O4S. The van der Waals surface area contributed by atoms with Gasteiger partial charge in [0.2, 0.25) is 10.0 Å². The molecule has 0 amide bonds. The lowest BCUT2D eigenvalue weighted by molar-refractivity contribution is 0.00447. The first-order chi connectivity index (χ1) is 9.90. The number of hydrogen-bond acceptors (Lipinski definition) is 5. The van der Waals surface area contributed by atoms with E-state index in [1.807, 2.05) is 0 Å². The summed E-state index contributed by atoms with van der Waals surface area (Å²) in [5.74, 6) is 0.232. The third-order valence-corrected chi connectivity index (χ3v) is 5.84. The van der Waals surface area contributed by atoms with Gasteiger partial charge in [0.05, 0.1) is 24.3 Å². The molecule has 1 fully saturated rings. The van der Waals surface area contributed by atoms with Crippen LogP contribution in [0.5, 0.6) is 5.75 Å². The molecule has 1 aliphatic rings. The smallest absolute Gasteiger partial charge is 0.247 e. The van der Waals surface area contributed by atoms with Crippen LogP contribution in [0.4, 0.5) is 0 Å². The summed E-state index contributed by atoms with van der Waals surface area (Å²) >= 11 is 9.23. The molecule has 0 bridgehead atoms. The van der Waals surface area contributed by atoms with Crippen molar-refractivity contribution < 1.29 is 17.9 Å². The van der Waals surface area contributed by atoms with Crippen LogP contribution in [-0.4, -0.2) is 52.2 Å². The Labute approximate surface area is 137 Å². The second-order valence-electron chi connectivity index (χ2n) is 4.51. The van der Waals surface area contributed by atoms with Crippen LogP contribution < -0.4 is 10.5 Å². The van der Waals surface area contributed by atoms with Crippen molar-refractivity contribution in [1.29, 1.82) is 0 Å². The molecule has 1 aromatic rings. The standard InChI is InChI=1S/C12H16BrClN2O4S/c1-19-12-10(13)4-8(14)5-11(12)21(17,18)16-2-3-20-9(6-15)7-16/h4-5,9H,2-3,6-7,15H2,1H3. The molecule has 9 heteroatoms. The van der Waals surface area contributed by atoms with Crippen LogP contribution in [0.15, 0.2) is 21.5 Å². The highest BCUT2D eigenvalue weighted by molar-refractivity contribution is 9.10. The zero-order valence-corrected chi connectivity index (χ0v) is 14.5. The van der Waals surface area contributed by atoms with E-state index in [0.717, 1.165) is 0 Å². The van der Waals surface area contributed by atoms with E-state index in [4.69, 9.17) is 26.8 Å². The van der Waals surface area contributed by atoms with Gasteiger partial charge in [-0.2, -0.15) is 4.31 Å². The Balaban J connectivity index is 2.44. The van der Waals surface area contributed by atoms with Gasteiger partial charge in [0, 0.05) is 24.7 Å². The number of nitrogens with two attached hydrogens (primary N) is 1. The minimum Gasteiger partial charge on any atom is -0.494 e. The second-order valence-corrected chi connectivity index (χ2v) is 7.71. The average Bonchev–Trinajstić information content (AvgIpc) is 2.46. The SMILES string of the molecule is COc1c(Br)cc(Cl)cc1S(=O)(=O)N1CCOC(CN)C1. The van der Waals surface area contributed by atoms with Gasteiger partial charge in [0.15, 0.2) is 5.75 Å². The van der Waals surface area contributed by atoms with Crippen LogP contribution in [0, 0.1) is 0 Å². The van der Waals surface area contributed by atoms with Gasteiger partial charge >= 0.3 is 0 Å². The quantitative estimate of drug-likeness (QED) is 0.829. The van der Waals surface area contributed by atoms with Crippen molar-refractivity contribution in [2.45, 2.75) is 11.0 Å². The number of benzene rings is 1. The van der Waals surface area contributed by atoms with Crippen molar-refractivity contribution >= 4 is 37.6 Å². The Morgan fingerprint density at radius 3 is 2.90 bits per heavy atom. The first-order valence-corrected chi connectivity index (χ1v) is 8.86. The zero-order valence-electron chi connectivity index (χ0n) is 11.4. The average molecular weight is 400 g/mol. The van der Waals surface area contributed by atoms with Crippen LogP contribution in [-0.2, 0) is 14.8 Å². The number of halogens is 2. The summed E-state index contributed by atoms with van der Waals surface area (Å²) in [5.41, 5.74) is 5.55. The normalized spacial score (nSPS) is 20.5. The van der Waals surface area contributed by atoms with Crippen molar-refractivity contribution in [3.63, 3.8) is 0 Å². The van der Waals surface area contributed by atoms with E-state index in [2.05, 4.69) is 15.9 Å². The molecule has 118 valence electrons. The number of sulfonamides is 1. The van der Waals surface area contributed by atoms with Gasteiger partial charge in [-0.1, -0.05) is 11.6 Å². The Bertz CT molecular complexity index is 626. The lowest BCUT2D eigenvalue weighted by Gasteiger charge is -2.31. The maximum Gasteiger partial charge on any atom is 0.247 e. The number of nitrogens with zero attached hydrogens (tertiary/aromatic N) is 1. The van der Waals surface area contributed by atoms with Crippen molar-refractivity contribution in [1.82, 2.24) is 4.31 Å². The van der Waals surface area contributed by atoms with E-state index >= 15 is 0 Å². The van der Waals surface area contributed by atoms with Crippen LogP contribution in [0.25, 0.3) is 0 Å². The minimum absolute atomic E-state index is 0.0297. The number of hydrogen-bond donors (Lipinski definition) is 1. The fourth-order valence-electron chi connectivity index (χ4n) is 2.12. The van der Waals surface area contributed by atoms with Crippen LogP contribution in [0.1, 0.15) is 0 Å². The van der Waals surface area contributed by atoms with Crippen molar-refractivity contribution in [2.24, 2.45) is 5.73 Å². The predicted octanol–water partition coefficient (Wildman–Crippen LogP) is 1.46. The molecule has 1 saturated heterocycles. The Kier molecular flexibility index (Phi) is 5.50. The summed E-state index contributed by atoms with van der Waals surface area (Å²) in [6.07, 6.45) is -0.304. The number of ether oxygens (including phenoxy) is 2. The molecular weight excluding hydrogens is 384 g/mol. The maximum atomic E-state index is 12.8. The molecule has 0 aromatic heterocycles. The number of rotatable bonds is 4. The van der Waals surface area contributed by atoms with Crippen LogP contribution >= 0.6 is 27.5 Å². The monoisotopic (exact) mass is 398 g/mol.